The number of nitrogens with zero attached hydrogens (tertiary/aromatic N) is 1. The maximum absolute atomic E-state index is 11.3. The molecule has 0 unspecified atom stereocenters. The zero-order valence-electron chi connectivity index (χ0n) is 12.4. The Morgan fingerprint density at radius 3 is 2.43 bits per heavy atom. The van der Waals surface area contributed by atoms with Crippen LogP contribution in [0.5, 0.6) is 0 Å². The summed E-state index contributed by atoms with van der Waals surface area (Å²) in [5.41, 5.74) is 7.56. The van der Waals surface area contributed by atoms with E-state index in [1.54, 1.807) is 24.3 Å². The molecule has 10 heteroatoms. The summed E-state index contributed by atoms with van der Waals surface area (Å²) >= 11 is 0. The van der Waals surface area contributed by atoms with E-state index in [1.165, 1.54) is 0 Å². The fourth-order valence-corrected chi connectivity index (χ4v) is 2.05. The van der Waals surface area contributed by atoms with E-state index in [4.69, 9.17) is 10.5 Å². The molecule has 1 N–H and O–H groups in total. The summed E-state index contributed by atoms with van der Waals surface area (Å²) in [6, 6.07) is 8.99. The molecule has 1 rings (SSSR count). The van der Waals surface area contributed by atoms with Crippen molar-refractivity contribution in [2.75, 3.05) is 18.8 Å². The topological polar surface area (TPSA) is 125 Å². The zero-order chi connectivity index (χ0) is 16.4. The summed E-state index contributed by atoms with van der Waals surface area (Å²) in [5, 5.41) is 3.46. The van der Waals surface area contributed by atoms with Crippen molar-refractivity contribution >= 4 is 22.2 Å². The Kier molecular flexibility index (Phi) is 10.4. The Balaban J connectivity index is 0.00000484. The van der Waals surface area contributed by atoms with Crippen LogP contribution in [-0.2, 0) is 49.9 Å². The summed E-state index contributed by atoms with van der Waals surface area (Å²) in [7, 11) is -4.02. The van der Waals surface area contributed by atoms with E-state index in [-0.39, 0.29) is 39.1 Å². The number of nitrogens with one attached hydrogen (secondary N) is 1. The molecule has 0 spiro atoms. The minimum Gasteiger partial charge on any atom is -0.676 e. The van der Waals surface area contributed by atoms with Crippen LogP contribution in [0.15, 0.2) is 30.3 Å². The second-order valence-electron chi connectivity index (χ2n) is 4.14. The van der Waals surface area contributed by atoms with Crippen LogP contribution < -0.4 is 0 Å². The summed E-state index contributed by atoms with van der Waals surface area (Å²) in [4.78, 5) is 22.5. The van der Waals surface area contributed by atoms with Crippen molar-refractivity contribution in [3.8, 4) is 0 Å². The van der Waals surface area contributed by atoms with E-state index in [9.17, 15) is 18.0 Å². The van der Waals surface area contributed by atoms with Crippen molar-refractivity contribution < 1.29 is 46.4 Å². The average Bonchev–Trinajstić information content (AvgIpc) is 2.45. The number of benzene rings is 1. The smallest absolute Gasteiger partial charge is 0.676 e. The van der Waals surface area contributed by atoms with E-state index in [0.29, 0.717) is 0 Å². The maximum atomic E-state index is 11.3. The summed E-state index contributed by atoms with van der Waals surface area (Å²) in [6.45, 7) is -0.569. The Labute approximate surface area is 147 Å². The van der Waals surface area contributed by atoms with Gasteiger partial charge in [0.2, 0.25) is 6.09 Å². The molecule has 0 fully saturated rings. The van der Waals surface area contributed by atoms with Crippen LogP contribution in [0, 0.1) is 0 Å². The zero-order valence-corrected chi connectivity index (χ0v) is 16.2. The van der Waals surface area contributed by atoms with Gasteiger partial charge in [-0.1, -0.05) is 30.3 Å². The van der Waals surface area contributed by atoms with Crippen LogP contribution in [0.1, 0.15) is 12.0 Å². The van der Waals surface area contributed by atoms with Crippen molar-refractivity contribution in [1.82, 2.24) is 0 Å². The molecule has 0 saturated carbocycles. The second kappa shape index (κ2) is 11.1. The van der Waals surface area contributed by atoms with Gasteiger partial charge in [-0.25, -0.2) is 0 Å². The third kappa shape index (κ3) is 9.99. The van der Waals surface area contributed by atoms with Crippen molar-refractivity contribution in [3.63, 3.8) is 0 Å². The van der Waals surface area contributed by atoms with Crippen LogP contribution in [-0.4, -0.2) is 39.3 Å². The molecule has 122 valence electrons. The number of carbonyl (C=O) groups excluding carboxylic acids is 2. The summed E-state index contributed by atoms with van der Waals surface area (Å²) < 4.78 is 31.3. The molecule has 23 heavy (non-hydrogen) atoms. The molecule has 8 nitrogen and oxygen atoms in total. The molecule has 1 aromatic rings. The van der Waals surface area contributed by atoms with Gasteiger partial charge in [-0.15, -0.1) is 13.1 Å². The summed E-state index contributed by atoms with van der Waals surface area (Å²) in [5.74, 6) is -1.58. The molecule has 0 aliphatic rings. The maximum Gasteiger partial charge on any atom is 2.00 e. The van der Waals surface area contributed by atoms with Gasteiger partial charge in [0, 0.05) is 6.42 Å². The molecule has 0 atom stereocenters. The number of ether oxygens (including phenoxy) is 1. The quantitative estimate of drug-likeness (QED) is 0.491. The van der Waals surface area contributed by atoms with Crippen LogP contribution >= 0.6 is 0 Å². The Bertz CT molecular complexity index is 594. The number of carbonyl (C=O) groups is 2. The van der Waals surface area contributed by atoms with Crippen molar-refractivity contribution in [3.05, 3.63) is 46.9 Å². The SMILES string of the molecule is [NH-]CCS(=O)(=O)OC(=O)CC[N-]C(=O)OCc1ccccc1.[Zn+2]. The van der Waals surface area contributed by atoms with Gasteiger partial charge in [-0.3, -0.25) is 9.59 Å². The predicted molar refractivity (Wildman–Crippen MR) is 78.5 cm³/mol. The molecule has 0 aliphatic heterocycles. The van der Waals surface area contributed by atoms with Gasteiger partial charge in [0.15, 0.2) is 0 Å². The molecule has 0 heterocycles. The Morgan fingerprint density at radius 1 is 1.17 bits per heavy atom. The average molecular weight is 394 g/mol. The monoisotopic (exact) mass is 392 g/mol. The van der Waals surface area contributed by atoms with Gasteiger partial charge >= 0.3 is 35.6 Å². The van der Waals surface area contributed by atoms with Gasteiger partial charge in [0.05, 0.1) is 5.75 Å². The largest absolute Gasteiger partial charge is 2.00 e. The second-order valence-corrected chi connectivity index (χ2v) is 5.83. The number of amides is 1. The molecule has 1 amide bonds. The normalized spacial score (nSPS) is 10.3. The minimum absolute atomic E-state index is 0. The van der Waals surface area contributed by atoms with Crippen LogP contribution in [0.3, 0.4) is 0 Å². The number of rotatable bonds is 8. The molecule has 0 saturated heterocycles. The molecule has 0 aliphatic carbocycles. The van der Waals surface area contributed by atoms with Crippen LogP contribution in [0.2, 0.25) is 0 Å². The van der Waals surface area contributed by atoms with Gasteiger partial charge in [-0.05, 0) is 5.56 Å². The van der Waals surface area contributed by atoms with E-state index >= 15 is 0 Å². The fraction of sp³-hybridized carbons (Fsp3) is 0.385. The molecular weight excluding hydrogens is 378 g/mol. The van der Waals surface area contributed by atoms with Crippen LogP contribution in [0.25, 0.3) is 11.1 Å². The van der Waals surface area contributed by atoms with E-state index in [1.807, 2.05) is 6.07 Å². The van der Waals surface area contributed by atoms with Crippen molar-refractivity contribution in [2.45, 2.75) is 13.0 Å². The minimum atomic E-state index is -4.02. The first-order valence-electron chi connectivity index (χ1n) is 6.41. The predicted octanol–water partition coefficient (Wildman–Crippen LogP) is 2.01. The molecule has 0 radical (unpaired) electrons. The first-order chi connectivity index (χ1) is 10.4. The standard InChI is InChI=1S/C13H17N2O6S.Zn/c14-7-9-22(18,19)21-12(16)6-8-15-13(17)20-10-11-4-2-1-3-5-11;/h1-5,14H,6-10H2,(H,15,17);/q-1;+2/p-1. The third-order valence-corrected chi connectivity index (χ3v) is 3.48. The van der Waals surface area contributed by atoms with Gasteiger partial charge in [0.1, 0.15) is 6.61 Å². The Morgan fingerprint density at radius 2 is 1.83 bits per heavy atom. The molecule has 1 aromatic carbocycles. The molecular formula is C13H16N2O6SZn. The van der Waals surface area contributed by atoms with E-state index < -0.39 is 34.5 Å². The van der Waals surface area contributed by atoms with Crippen molar-refractivity contribution in [1.29, 1.82) is 0 Å². The van der Waals surface area contributed by atoms with Gasteiger partial charge in [0.25, 0.3) is 0 Å². The van der Waals surface area contributed by atoms with Crippen LogP contribution in [0.4, 0.5) is 4.79 Å². The number of hydrogen-bond donors (Lipinski definition) is 0. The van der Waals surface area contributed by atoms with Gasteiger partial charge < -0.3 is 20.0 Å². The molecule has 0 aromatic heterocycles. The van der Waals surface area contributed by atoms with E-state index in [0.717, 1.165) is 5.56 Å². The first-order valence-corrected chi connectivity index (χ1v) is 7.98. The third-order valence-electron chi connectivity index (χ3n) is 2.33. The fourth-order valence-electron chi connectivity index (χ4n) is 1.35. The van der Waals surface area contributed by atoms with Gasteiger partial charge in [-0.2, -0.15) is 8.42 Å². The van der Waals surface area contributed by atoms with E-state index in [2.05, 4.69) is 9.50 Å². The Hall–Kier alpha value is -1.51. The van der Waals surface area contributed by atoms with Crippen molar-refractivity contribution in [2.24, 2.45) is 0 Å². The summed E-state index contributed by atoms with van der Waals surface area (Å²) in [6.07, 6.45) is -1.21. The molecule has 0 bridgehead atoms. The first kappa shape index (κ1) is 21.5. The number of hydrogen-bond acceptors (Lipinski definition) is 6.